The summed E-state index contributed by atoms with van der Waals surface area (Å²) in [5.74, 6) is -1.76. The van der Waals surface area contributed by atoms with Crippen LogP contribution in [0, 0.1) is 11.7 Å². The van der Waals surface area contributed by atoms with Crippen LogP contribution in [0.15, 0.2) is 18.2 Å². The van der Waals surface area contributed by atoms with Crippen molar-refractivity contribution < 1.29 is 19.1 Å². The summed E-state index contributed by atoms with van der Waals surface area (Å²) in [4.78, 5) is 24.2. The topological polar surface area (TPSA) is 57.6 Å². The number of carbonyl (C=O) groups excluding carboxylic acids is 1. The van der Waals surface area contributed by atoms with E-state index in [9.17, 15) is 14.0 Å². The summed E-state index contributed by atoms with van der Waals surface area (Å²) < 4.78 is 13.8. The number of nitrogens with zero attached hydrogens (tertiary/aromatic N) is 1. The summed E-state index contributed by atoms with van der Waals surface area (Å²) in [5.41, 5.74) is 0.413. The molecule has 2 rings (SSSR count). The third-order valence-corrected chi connectivity index (χ3v) is 4.07. The summed E-state index contributed by atoms with van der Waals surface area (Å²) in [6.45, 7) is 0.388. The van der Waals surface area contributed by atoms with Crippen LogP contribution in [0.4, 0.5) is 4.39 Å². The van der Waals surface area contributed by atoms with Gasteiger partial charge in [-0.15, -0.1) is 0 Å². The number of benzene rings is 1. The van der Waals surface area contributed by atoms with E-state index in [0.717, 1.165) is 0 Å². The van der Waals surface area contributed by atoms with Crippen LogP contribution in [-0.2, 0) is 9.59 Å². The highest BCUT2D eigenvalue weighted by Crippen LogP contribution is 2.51. The Kier molecular flexibility index (Phi) is 4.83. The van der Waals surface area contributed by atoms with Crippen molar-refractivity contribution in [1.29, 1.82) is 0 Å². The van der Waals surface area contributed by atoms with E-state index in [4.69, 9.17) is 16.7 Å². The Morgan fingerprint density at radius 2 is 2.19 bits per heavy atom. The highest BCUT2D eigenvalue weighted by Gasteiger charge is 2.47. The van der Waals surface area contributed by atoms with Crippen molar-refractivity contribution >= 4 is 23.5 Å². The number of hydrogen-bond acceptors (Lipinski definition) is 2. The first-order valence-corrected chi connectivity index (χ1v) is 7.20. The predicted molar refractivity (Wildman–Crippen MR) is 76.8 cm³/mol. The molecule has 0 saturated heterocycles. The van der Waals surface area contributed by atoms with Crippen molar-refractivity contribution in [3.63, 3.8) is 0 Å². The van der Waals surface area contributed by atoms with Crippen LogP contribution in [0.1, 0.15) is 30.7 Å². The molecule has 0 bridgehead atoms. The Morgan fingerprint density at radius 1 is 1.48 bits per heavy atom. The quantitative estimate of drug-likeness (QED) is 0.878. The molecule has 1 saturated carbocycles. The second-order valence-electron chi connectivity index (χ2n) is 5.34. The van der Waals surface area contributed by atoms with E-state index in [2.05, 4.69) is 0 Å². The average molecular weight is 314 g/mol. The molecule has 0 unspecified atom stereocenters. The number of carbonyl (C=O) groups is 2. The molecular weight excluding hydrogens is 297 g/mol. The van der Waals surface area contributed by atoms with Gasteiger partial charge in [0.1, 0.15) is 5.82 Å². The van der Waals surface area contributed by atoms with Gasteiger partial charge in [-0.1, -0.05) is 17.7 Å². The van der Waals surface area contributed by atoms with Gasteiger partial charge in [0, 0.05) is 42.4 Å². The van der Waals surface area contributed by atoms with Gasteiger partial charge in [0.05, 0.1) is 0 Å². The SMILES string of the molecule is CN(CCCC(=O)O)C(=O)[C@H]1C[C@@H]1c1c(F)cccc1Cl. The fourth-order valence-corrected chi connectivity index (χ4v) is 2.82. The van der Waals surface area contributed by atoms with E-state index >= 15 is 0 Å². The maximum Gasteiger partial charge on any atom is 0.303 e. The number of aliphatic carboxylic acids is 1. The highest BCUT2D eigenvalue weighted by atomic mass is 35.5. The Bertz CT molecular complexity index is 544. The van der Waals surface area contributed by atoms with Crippen LogP contribution in [0.2, 0.25) is 5.02 Å². The third kappa shape index (κ3) is 3.73. The Labute approximate surface area is 127 Å². The maximum atomic E-state index is 13.8. The lowest BCUT2D eigenvalue weighted by molar-refractivity contribution is -0.138. The summed E-state index contributed by atoms with van der Waals surface area (Å²) in [6.07, 6.45) is 1.03. The van der Waals surface area contributed by atoms with Crippen molar-refractivity contribution in [1.82, 2.24) is 4.90 Å². The normalized spacial score (nSPS) is 20.1. The van der Waals surface area contributed by atoms with Gasteiger partial charge in [-0.2, -0.15) is 0 Å². The number of rotatable bonds is 6. The van der Waals surface area contributed by atoms with Crippen molar-refractivity contribution in [2.24, 2.45) is 5.92 Å². The molecule has 4 nitrogen and oxygen atoms in total. The molecule has 1 N–H and O–H groups in total. The van der Waals surface area contributed by atoms with Gasteiger partial charge >= 0.3 is 5.97 Å². The molecule has 1 aliphatic carbocycles. The van der Waals surface area contributed by atoms with Gasteiger partial charge in [0.2, 0.25) is 5.91 Å². The maximum absolute atomic E-state index is 13.8. The molecule has 1 aromatic carbocycles. The van der Waals surface area contributed by atoms with Crippen molar-refractivity contribution in [3.8, 4) is 0 Å². The lowest BCUT2D eigenvalue weighted by atomic mass is 10.1. The summed E-state index contributed by atoms with van der Waals surface area (Å²) in [5, 5.41) is 8.93. The molecule has 0 aliphatic heterocycles. The van der Waals surface area contributed by atoms with Crippen LogP contribution in [0.25, 0.3) is 0 Å². The molecule has 1 aliphatic rings. The van der Waals surface area contributed by atoms with Gasteiger partial charge in [0.25, 0.3) is 0 Å². The van der Waals surface area contributed by atoms with Gasteiger partial charge in [0.15, 0.2) is 0 Å². The highest BCUT2D eigenvalue weighted by molar-refractivity contribution is 6.31. The smallest absolute Gasteiger partial charge is 0.303 e. The molecule has 1 fully saturated rings. The molecular formula is C15H17ClFNO3. The molecule has 0 heterocycles. The minimum absolute atomic E-state index is 0.0326. The van der Waals surface area contributed by atoms with Crippen molar-refractivity contribution in [2.75, 3.05) is 13.6 Å². The van der Waals surface area contributed by atoms with Crippen LogP contribution < -0.4 is 0 Å². The van der Waals surface area contributed by atoms with Gasteiger partial charge in [-0.3, -0.25) is 9.59 Å². The predicted octanol–water partition coefficient (Wildman–Crippen LogP) is 2.91. The first-order valence-electron chi connectivity index (χ1n) is 6.82. The first kappa shape index (κ1) is 15.8. The van der Waals surface area contributed by atoms with Crippen LogP contribution in [0.5, 0.6) is 0 Å². The molecule has 6 heteroatoms. The van der Waals surface area contributed by atoms with Gasteiger partial charge in [-0.25, -0.2) is 4.39 Å². The monoisotopic (exact) mass is 313 g/mol. The zero-order valence-electron chi connectivity index (χ0n) is 11.7. The molecule has 0 radical (unpaired) electrons. The van der Waals surface area contributed by atoms with E-state index in [0.29, 0.717) is 30.0 Å². The number of carboxylic acid groups (broad SMARTS) is 1. The third-order valence-electron chi connectivity index (χ3n) is 3.74. The molecule has 21 heavy (non-hydrogen) atoms. The Morgan fingerprint density at radius 3 is 2.81 bits per heavy atom. The molecule has 0 aromatic heterocycles. The van der Waals surface area contributed by atoms with E-state index in [1.165, 1.54) is 11.0 Å². The second-order valence-corrected chi connectivity index (χ2v) is 5.75. The van der Waals surface area contributed by atoms with Gasteiger partial charge < -0.3 is 10.0 Å². The first-order chi connectivity index (χ1) is 9.91. The fraction of sp³-hybridized carbons (Fsp3) is 0.467. The van der Waals surface area contributed by atoms with Crippen LogP contribution in [0.3, 0.4) is 0 Å². The number of halogens is 2. The molecule has 114 valence electrons. The van der Waals surface area contributed by atoms with Crippen molar-refractivity contribution in [3.05, 3.63) is 34.6 Å². The minimum Gasteiger partial charge on any atom is -0.481 e. The number of hydrogen-bond donors (Lipinski definition) is 1. The number of amides is 1. The average Bonchev–Trinajstić information content (AvgIpc) is 3.17. The summed E-state index contributed by atoms with van der Waals surface area (Å²) in [6, 6.07) is 4.51. The van der Waals surface area contributed by atoms with Gasteiger partial charge in [-0.05, 0) is 25.0 Å². The molecule has 1 aromatic rings. The summed E-state index contributed by atoms with van der Waals surface area (Å²) >= 11 is 6.00. The zero-order chi connectivity index (χ0) is 15.6. The van der Waals surface area contributed by atoms with E-state index < -0.39 is 5.97 Å². The van der Waals surface area contributed by atoms with Crippen molar-refractivity contribution in [2.45, 2.75) is 25.2 Å². The largest absolute Gasteiger partial charge is 0.481 e. The Hall–Kier alpha value is -1.62. The second kappa shape index (κ2) is 6.43. The summed E-state index contributed by atoms with van der Waals surface area (Å²) in [7, 11) is 1.64. The molecule has 1 amide bonds. The van der Waals surface area contributed by atoms with E-state index in [1.54, 1.807) is 19.2 Å². The molecule has 2 atom stereocenters. The lowest BCUT2D eigenvalue weighted by Gasteiger charge is -2.17. The minimum atomic E-state index is -0.877. The lowest BCUT2D eigenvalue weighted by Crippen LogP contribution is -2.29. The molecule has 0 spiro atoms. The Balaban J connectivity index is 1.93. The number of carboxylic acids is 1. The van der Waals surface area contributed by atoms with Crippen LogP contribution >= 0.6 is 11.6 Å². The standard InChI is InChI=1S/C15H17ClFNO3/c1-18(7-3-6-13(19)20)15(21)10-8-9(10)14-11(16)4-2-5-12(14)17/h2,4-5,9-10H,3,6-8H2,1H3,(H,19,20)/t9-,10-/m0/s1. The zero-order valence-corrected chi connectivity index (χ0v) is 12.4. The van der Waals surface area contributed by atoms with E-state index in [-0.39, 0.29) is 30.0 Å². The van der Waals surface area contributed by atoms with Crippen LogP contribution in [-0.4, -0.2) is 35.5 Å². The van der Waals surface area contributed by atoms with E-state index in [1.807, 2.05) is 0 Å². The fourth-order valence-electron chi connectivity index (χ4n) is 2.51.